The molecule has 4 aromatic carbocycles. The van der Waals surface area contributed by atoms with Crippen molar-refractivity contribution in [2.45, 2.75) is 6.61 Å². The average molecular weight is 530 g/mol. The first-order valence-corrected chi connectivity index (χ1v) is 11.9. The minimum Gasteiger partial charge on any atom is -0.507 e. The van der Waals surface area contributed by atoms with Gasteiger partial charge in [0, 0.05) is 22.9 Å². The minimum absolute atomic E-state index is 0.0205. The molecule has 7 nitrogen and oxygen atoms in total. The summed E-state index contributed by atoms with van der Waals surface area (Å²) >= 11 is 5.92. The van der Waals surface area contributed by atoms with Crippen LogP contribution < -0.4 is 19.5 Å². The molecule has 4 rings (SSSR count). The highest BCUT2D eigenvalue weighted by Gasteiger charge is 2.14. The highest BCUT2D eigenvalue weighted by molar-refractivity contribution is 6.30. The van der Waals surface area contributed by atoms with Crippen LogP contribution in [0.3, 0.4) is 0 Å². The van der Waals surface area contributed by atoms with Crippen LogP contribution in [-0.4, -0.2) is 24.1 Å². The maximum Gasteiger partial charge on any atom is 0.347 e. The number of aromatic hydroxyl groups is 1. The molecule has 0 heterocycles. The summed E-state index contributed by atoms with van der Waals surface area (Å²) in [6.45, 7) is 0.348. The maximum atomic E-state index is 12.4. The number of para-hydroxylation sites is 1. The van der Waals surface area contributed by atoms with Gasteiger partial charge in [0.2, 0.25) is 5.91 Å². The molecular weight excluding hydrogens is 506 g/mol. The van der Waals surface area contributed by atoms with Gasteiger partial charge < -0.3 is 24.6 Å². The van der Waals surface area contributed by atoms with Gasteiger partial charge >= 0.3 is 5.97 Å². The number of carbonyl (C=O) groups is 2. The van der Waals surface area contributed by atoms with Crippen LogP contribution >= 0.6 is 11.6 Å². The molecule has 0 saturated carbocycles. The van der Waals surface area contributed by atoms with E-state index < -0.39 is 11.9 Å². The van der Waals surface area contributed by atoms with E-state index in [4.69, 9.17) is 25.8 Å². The molecule has 0 atom stereocenters. The lowest BCUT2D eigenvalue weighted by molar-refractivity contribution is -0.111. The standard InChI is InChI=1S/C30H24ClNO6/c1-36-28-17-20(9-15-27(28)37-19-21-7-11-22(31)12-8-21)10-16-29(34)32-23-13-14-25(26(33)18-23)30(35)38-24-5-3-2-4-6-24/h2-18,33H,19H2,1H3,(H,32,34)/b16-10+. The van der Waals surface area contributed by atoms with Crippen molar-refractivity contribution < 1.29 is 28.9 Å². The van der Waals surface area contributed by atoms with Crippen LogP contribution in [-0.2, 0) is 11.4 Å². The smallest absolute Gasteiger partial charge is 0.347 e. The zero-order chi connectivity index (χ0) is 26.9. The molecule has 0 bridgehead atoms. The molecule has 0 unspecified atom stereocenters. The maximum absolute atomic E-state index is 12.4. The van der Waals surface area contributed by atoms with Gasteiger partial charge in [-0.2, -0.15) is 0 Å². The summed E-state index contributed by atoms with van der Waals surface area (Å²) in [4.78, 5) is 24.8. The molecule has 0 spiro atoms. The lowest BCUT2D eigenvalue weighted by Crippen LogP contribution is -2.10. The molecule has 192 valence electrons. The Hall–Kier alpha value is -4.75. The van der Waals surface area contributed by atoms with Crippen LogP contribution in [0, 0.1) is 0 Å². The number of carbonyl (C=O) groups excluding carboxylic acids is 2. The third-order valence-electron chi connectivity index (χ3n) is 5.36. The molecule has 0 aromatic heterocycles. The molecule has 4 aromatic rings. The van der Waals surface area contributed by atoms with Crippen molar-refractivity contribution in [2.75, 3.05) is 12.4 Å². The second-order valence-corrected chi connectivity index (χ2v) is 8.52. The number of hydrogen-bond acceptors (Lipinski definition) is 6. The van der Waals surface area contributed by atoms with Crippen molar-refractivity contribution in [2.24, 2.45) is 0 Å². The molecule has 38 heavy (non-hydrogen) atoms. The number of hydrogen-bond donors (Lipinski definition) is 2. The van der Waals surface area contributed by atoms with Crippen molar-refractivity contribution >= 4 is 35.2 Å². The first-order chi connectivity index (χ1) is 18.4. The van der Waals surface area contributed by atoms with E-state index in [1.165, 1.54) is 31.4 Å². The van der Waals surface area contributed by atoms with E-state index >= 15 is 0 Å². The van der Waals surface area contributed by atoms with Gasteiger partial charge in [-0.25, -0.2) is 4.79 Å². The third-order valence-corrected chi connectivity index (χ3v) is 5.61. The summed E-state index contributed by atoms with van der Waals surface area (Å²) < 4.78 is 16.5. The molecule has 0 fully saturated rings. The van der Waals surface area contributed by atoms with E-state index in [1.54, 1.807) is 66.7 Å². The van der Waals surface area contributed by atoms with Crippen molar-refractivity contribution in [1.29, 1.82) is 0 Å². The zero-order valence-corrected chi connectivity index (χ0v) is 21.1. The Kier molecular flexibility index (Phi) is 8.64. The first-order valence-electron chi connectivity index (χ1n) is 11.6. The van der Waals surface area contributed by atoms with E-state index in [1.807, 2.05) is 12.1 Å². The van der Waals surface area contributed by atoms with Gasteiger partial charge in [-0.05, 0) is 65.7 Å². The number of phenolic OH excluding ortho intramolecular Hbond substituents is 1. The Morgan fingerprint density at radius 1 is 0.921 bits per heavy atom. The zero-order valence-electron chi connectivity index (χ0n) is 20.4. The highest BCUT2D eigenvalue weighted by atomic mass is 35.5. The summed E-state index contributed by atoms with van der Waals surface area (Å²) in [5.74, 6) is -0.00859. The normalized spacial score (nSPS) is 10.7. The predicted molar refractivity (Wildman–Crippen MR) is 146 cm³/mol. The molecular formula is C30H24ClNO6. The summed E-state index contributed by atoms with van der Waals surface area (Å²) in [6, 6.07) is 25.4. The highest BCUT2D eigenvalue weighted by Crippen LogP contribution is 2.30. The third kappa shape index (κ3) is 7.15. The fourth-order valence-corrected chi connectivity index (χ4v) is 3.56. The average Bonchev–Trinajstić information content (AvgIpc) is 2.92. The SMILES string of the molecule is COc1cc(/C=C/C(=O)Nc2ccc(C(=O)Oc3ccccc3)c(O)c2)ccc1OCc1ccc(Cl)cc1. The van der Waals surface area contributed by atoms with Gasteiger partial charge in [-0.3, -0.25) is 4.79 Å². The van der Waals surface area contributed by atoms with E-state index in [9.17, 15) is 14.7 Å². The Morgan fingerprint density at radius 3 is 2.39 bits per heavy atom. The van der Waals surface area contributed by atoms with Crippen LogP contribution in [0.4, 0.5) is 5.69 Å². The largest absolute Gasteiger partial charge is 0.507 e. The quantitative estimate of drug-likeness (QED) is 0.146. The van der Waals surface area contributed by atoms with Gasteiger partial charge in [0.05, 0.1) is 7.11 Å². The molecule has 0 saturated heterocycles. The second kappa shape index (κ2) is 12.5. The predicted octanol–water partition coefficient (Wildman–Crippen LogP) is 6.50. The van der Waals surface area contributed by atoms with Gasteiger partial charge in [0.15, 0.2) is 11.5 Å². The monoisotopic (exact) mass is 529 g/mol. The number of nitrogens with one attached hydrogen (secondary N) is 1. The van der Waals surface area contributed by atoms with Crippen LogP contribution in [0.15, 0.2) is 97.1 Å². The Morgan fingerprint density at radius 2 is 1.68 bits per heavy atom. The fraction of sp³-hybridized carbons (Fsp3) is 0.0667. The molecule has 0 aliphatic rings. The fourth-order valence-electron chi connectivity index (χ4n) is 3.44. The first kappa shape index (κ1) is 26.3. The Labute approximate surface area is 224 Å². The van der Waals surface area contributed by atoms with Gasteiger partial charge in [0.1, 0.15) is 23.7 Å². The molecule has 2 N–H and O–H groups in total. The number of rotatable bonds is 9. The number of phenols is 1. The number of ether oxygens (including phenoxy) is 3. The molecule has 1 amide bonds. The van der Waals surface area contributed by atoms with Crippen LogP contribution in [0.5, 0.6) is 23.0 Å². The van der Waals surface area contributed by atoms with Gasteiger partial charge in [0.25, 0.3) is 0 Å². The molecule has 0 radical (unpaired) electrons. The lowest BCUT2D eigenvalue weighted by atomic mass is 10.1. The second-order valence-electron chi connectivity index (χ2n) is 8.08. The van der Waals surface area contributed by atoms with Gasteiger partial charge in [-0.1, -0.05) is 48.0 Å². The van der Waals surface area contributed by atoms with Crippen molar-refractivity contribution in [3.8, 4) is 23.0 Å². The molecule has 8 heteroatoms. The summed E-state index contributed by atoms with van der Waals surface area (Å²) in [6.07, 6.45) is 2.96. The van der Waals surface area contributed by atoms with E-state index in [0.717, 1.165) is 11.1 Å². The molecule has 0 aliphatic carbocycles. The number of anilines is 1. The topological polar surface area (TPSA) is 94.1 Å². The number of amides is 1. The molecule has 0 aliphatic heterocycles. The van der Waals surface area contributed by atoms with Crippen LogP contribution in [0.25, 0.3) is 6.08 Å². The summed E-state index contributed by atoms with van der Waals surface area (Å²) in [5.41, 5.74) is 1.98. The Balaban J connectivity index is 1.35. The van der Waals surface area contributed by atoms with Crippen molar-refractivity contribution in [1.82, 2.24) is 0 Å². The van der Waals surface area contributed by atoms with Gasteiger partial charge in [-0.15, -0.1) is 0 Å². The number of halogens is 1. The lowest BCUT2D eigenvalue weighted by Gasteiger charge is -2.11. The number of methoxy groups -OCH3 is 1. The van der Waals surface area contributed by atoms with Crippen molar-refractivity contribution in [3.63, 3.8) is 0 Å². The number of esters is 1. The van der Waals surface area contributed by atoms with Crippen LogP contribution in [0.1, 0.15) is 21.5 Å². The Bertz CT molecular complexity index is 1450. The summed E-state index contributed by atoms with van der Waals surface area (Å²) in [7, 11) is 1.54. The van der Waals surface area contributed by atoms with E-state index in [2.05, 4.69) is 5.32 Å². The minimum atomic E-state index is -0.707. The van der Waals surface area contributed by atoms with Crippen LogP contribution in [0.2, 0.25) is 5.02 Å². The summed E-state index contributed by atoms with van der Waals surface area (Å²) in [5, 5.41) is 13.6. The van der Waals surface area contributed by atoms with Crippen molar-refractivity contribution in [3.05, 3.63) is 119 Å². The van der Waals surface area contributed by atoms with E-state index in [0.29, 0.717) is 34.6 Å². The van der Waals surface area contributed by atoms with E-state index in [-0.39, 0.29) is 11.3 Å². The number of benzene rings is 4.